The maximum atomic E-state index is 5.82. The summed E-state index contributed by atoms with van der Waals surface area (Å²) in [5.41, 5.74) is 0.951. The van der Waals surface area contributed by atoms with Gasteiger partial charge >= 0.3 is 0 Å². The molecule has 53 valence electrons. The van der Waals surface area contributed by atoms with Crippen molar-refractivity contribution in [2.45, 2.75) is 6.92 Å². The van der Waals surface area contributed by atoms with E-state index in [2.05, 4.69) is 5.32 Å². The summed E-state index contributed by atoms with van der Waals surface area (Å²) in [5.74, 6) is 0. The molecular weight excluding hydrogens is 146 g/mol. The molecule has 0 atom stereocenters. The van der Waals surface area contributed by atoms with Crippen LogP contribution in [0, 0.1) is 6.54 Å². The Morgan fingerprint density at radius 3 is 2.70 bits per heavy atom. The maximum Gasteiger partial charge on any atom is 0.0637 e. The zero-order chi connectivity index (χ0) is 7.40. The zero-order valence-electron chi connectivity index (χ0n) is 5.76. The van der Waals surface area contributed by atoms with Crippen LogP contribution in [0.1, 0.15) is 6.92 Å². The minimum absolute atomic E-state index is 0.751. The minimum atomic E-state index is 0.751. The van der Waals surface area contributed by atoms with Crippen molar-refractivity contribution >= 4 is 17.3 Å². The van der Waals surface area contributed by atoms with Gasteiger partial charge in [-0.2, -0.15) is 0 Å². The molecule has 0 bridgehead atoms. The molecule has 0 aliphatic rings. The van der Waals surface area contributed by atoms with Gasteiger partial charge in [-0.1, -0.05) is 23.7 Å². The highest BCUT2D eigenvalue weighted by Crippen LogP contribution is 2.20. The van der Waals surface area contributed by atoms with E-state index < -0.39 is 0 Å². The highest BCUT2D eigenvalue weighted by atomic mass is 35.5. The lowest BCUT2D eigenvalue weighted by Crippen LogP contribution is -1.90. The van der Waals surface area contributed by atoms with Crippen molar-refractivity contribution in [1.29, 1.82) is 0 Å². The highest BCUT2D eigenvalue weighted by molar-refractivity contribution is 6.33. The number of benzene rings is 1. The van der Waals surface area contributed by atoms with Crippen molar-refractivity contribution in [3.8, 4) is 0 Å². The molecule has 0 saturated heterocycles. The first kappa shape index (κ1) is 7.42. The van der Waals surface area contributed by atoms with Gasteiger partial charge in [-0.05, 0) is 19.1 Å². The van der Waals surface area contributed by atoms with E-state index in [1.165, 1.54) is 0 Å². The lowest BCUT2D eigenvalue weighted by Gasteiger charge is -2.02. The van der Waals surface area contributed by atoms with Crippen molar-refractivity contribution in [3.05, 3.63) is 35.8 Å². The fourth-order valence-corrected chi connectivity index (χ4v) is 0.924. The predicted octanol–water partition coefficient (Wildman–Crippen LogP) is 2.93. The molecule has 0 aliphatic heterocycles. The third-order valence-electron chi connectivity index (χ3n) is 1.17. The standard InChI is InChI=1S/C8H9ClN/c1-2-10-8-6-4-3-5-7(8)9/h2-6,10H,1H3. The van der Waals surface area contributed by atoms with Crippen molar-refractivity contribution < 1.29 is 0 Å². The Balaban J connectivity index is 2.81. The average molecular weight is 155 g/mol. The number of halogens is 1. The normalized spacial score (nSPS) is 9.40. The fraction of sp³-hybridized carbons (Fsp3) is 0.125. The summed E-state index contributed by atoms with van der Waals surface area (Å²) >= 11 is 5.82. The Bertz CT molecular complexity index is 210. The molecule has 1 aromatic carbocycles. The number of hydrogen-bond donors (Lipinski definition) is 1. The molecule has 1 nitrogen and oxygen atoms in total. The van der Waals surface area contributed by atoms with Gasteiger partial charge < -0.3 is 5.32 Å². The third kappa shape index (κ3) is 1.64. The fourth-order valence-electron chi connectivity index (χ4n) is 0.734. The molecule has 0 spiro atoms. The van der Waals surface area contributed by atoms with Gasteiger partial charge in [0.15, 0.2) is 0 Å². The quantitative estimate of drug-likeness (QED) is 0.691. The Labute approximate surface area is 66.0 Å². The molecule has 0 saturated carbocycles. The van der Waals surface area contributed by atoms with E-state index in [0.717, 1.165) is 10.7 Å². The summed E-state index contributed by atoms with van der Waals surface area (Å²) in [4.78, 5) is 0. The van der Waals surface area contributed by atoms with Crippen LogP contribution < -0.4 is 5.32 Å². The predicted molar refractivity (Wildman–Crippen MR) is 45.0 cm³/mol. The number of anilines is 1. The molecule has 0 aliphatic carbocycles. The highest BCUT2D eigenvalue weighted by Gasteiger charge is 1.93. The van der Waals surface area contributed by atoms with E-state index in [-0.39, 0.29) is 0 Å². The summed E-state index contributed by atoms with van der Waals surface area (Å²) in [6.45, 7) is 3.77. The van der Waals surface area contributed by atoms with Crippen LogP contribution in [0.4, 0.5) is 5.69 Å². The van der Waals surface area contributed by atoms with Crippen LogP contribution in [0.25, 0.3) is 0 Å². The molecule has 0 unspecified atom stereocenters. The van der Waals surface area contributed by atoms with Gasteiger partial charge in [-0.25, -0.2) is 0 Å². The molecule has 2 heteroatoms. The zero-order valence-corrected chi connectivity index (χ0v) is 6.52. The Hall–Kier alpha value is -0.690. The Morgan fingerprint density at radius 2 is 2.10 bits per heavy atom. The third-order valence-corrected chi connectivity index (χ3v) is 1.50. The topological polar surface area (TPSA) is 12.0 Å². The van der Waals surface area contributed by atoms with Crippen LogP contribution in [-0.4, -0.2) is 0 Å². The SMILES string of the molecule is C[CH]Nc1ccccc1Cl. The van der Waals surface area contributed by atoms with E-state index in [9.17, 15) is 0 Å². The van der Waals surface area contributed by atoms with Gasteiger partial charge in [-0.3, -0.25) is 0 Å². The van der Waals surface area contributed by atoms with E-state index in [0.29, 0.717) is 0 Å². The Morgan fingerprint density at radius 1 is 1.40 bits per heavy atom. The van der Waals surface area contributed by atoms with Crippen LogP contribution in [0.2, 0.25) is 5.02 Å². The molecule has 10 heavy (non-hydrogen) atoms. The smallest absolute Gasteiger partial charge is 0.0637 e. The van der Waals surface area contributed by atoms with Crippen LogP contribution >= 0.6 is 11.6 Å². The molecule has 1 aromatic rings. The van der Waals surface area contributed by atoms with Crippen LogP contribution in [0.15, 0.2) is 24.3 Å². The largest absolute Gasteiger partial charge is 0.379 e. The van der Waals surface area contributed by atoms with Crippen molar-refractivity contribution in [3.63, 3.8) is 0 Å². The minimum Gasteiger partial charge on any atom is -0.379 e. The van der Waals surface area contributed by atoms with Crippen LogP contribution in [0.5, 0.6) is 0 Å². The second-order valence-corrected chi connectivity index (χ2v) is 2.32. The summed E-state index contributed by atoms with van der Waals surface area (Å²) < 4.78 is 0. The first-order valence-corrected chi connectivity index (χ1v) is 3.51. The molecule has 0 aromatic heterocycles. The first-order chi connectivity index (χ1) is 4.84. The molecule has 0 heterocycles. The van der Waals surface area contributed by atoms with E-state index in [1.807, 2.05) is 37.7 Å². The number of rotatable bonds is 2. The lowest BCUT2D eigenvalue weighted by molar-refractivity contribution is 1.39. The summed E-state index contributed by atoms with van der Waals surface area (Å²) in [6, 6.07) is 7.64. The second kappa shape index (κ2) is 3.47. The van der Waals surface area contributed by atoms with E-state index >= 15 is 0 Å². The monoisotopic (exact) mass is 154 g/mol. The summed E-state index contributed by atoms with van der Waals surface area (Å²) in [6.07, 6.45) is 0. The van der Waals surface area contributed by atoms with Crippen LogP contribution in [0.3, 0.4) is 0 Å². The van der Waals surface area contributed by atoms with Crippen LogP contribution in [-0.2, 0) is 0 Å². The lowest BCUT2D eigenvalue weighted by atomic mass is 10.3. The number of para-hydroxylation sites is 1. The maximum absolute atomic E-state index is 5.82. The average Bonchev–Trinajstić information content (AvgIpc) is 1.94. The molecular formula is C8H9ClN. The molecule has 0 amide bonds. The van der Waals surface area contributed by atoms with E-state index in [1.54, 1.807) is 0 Å². The number of hydrogen-bond acceptors (Lipinski definition) is 1. The molecule has 1 N–H and O–H groups in total. The van der Waals surface area contributed by atoms with Crippen molar-refractivity contribution in [2.24, 2.45) is 0 Å². The summed E-state index contributed by atoms with van der Waals surface area (Å²) in [7, 11) is 0. The Kier molecular flexibility index (Phi) is 2.57. The molecule has 1 rings (SSSR count). The van der Waals surface area contributed by atoms with E-state index in [4.69, 9.17) is 11.6 Å². The first-order valence-electron chi connectivity index (χ1n) is 3.13. The molecule has 1 radical (unpaired) electrons. The molecule has 0 fully saturated rings. The van der Waals surface area contributed by atoms with Gasteiger partial charge in [-0.15, -0.1) is 0 Å². The second-order valence-electron chi connectivity index (χ2n) is 1.91. The van der Waals surface area contributed by atoms with Gasteiger partial charge in [0.05, 0.1) is 10.7 Å². The van der Waals surface area contributed by atoms with Gasteiger partial charge in [0.25, 0.3) is 0 Å². The van der Waals surface area contributed by atoms with Gasteiger partial charge in [0.2, 0.25) is 0 Å². The van der Waals surface area contributed by atoms with Crippen molar-refractivity contribution in [1.82, 2.24) is 0 Å². The van der Waals surface area contributed by atoms with Gasteiger partial charge in [0, 0.05) is 6.54 Å². The van der Waals surface area contributed by atoms with Gasteiger partial charge in [0.1, 0.15) is 0 Å². The summed E-state index contributed by atoms with van der Waals surface area (Å²) in [5, 5.41) is 3.77. The number of nitrogens with one attached hydrogen (secondary N) is 1. The van der Waals surface area contributed by atoms with Crippen molar-refractivity contribution in [2.75, 3.05) is 5.32 Å².